The second-order valence-corrected chi connectivity index (χ2v) is 16.5. The Morgan fingerprint density at radius 2 is 0.854 bits per heavy atom. The third-order valence-corrected chi connectivity index (χ3v) is 10.3. The second kappa shape index (κ2) is 31.1. The first-order valence-electron chi connectivity index (χ1n) is 21.6. The van der Waals surface area contributed by atoms with Crippen molar-refractivity contribution in [3.8, 4) is 0 Å². The van der Waals surface area contributed by atoms with E-state index in [-0.39, 0.29) is 12.1 Å². The lowest BCUT2D eigenvalue weighted by Gasteiger charge is -2.28. The fraction of sp³-hybridized carbons (Fsp3) is 0.977. The Hall–Kier alpha value is -0.650. The molecule has 5 heteroatoms. The summed E-state index contributed by atoms with van der Waals surface area (Å²) in [7, 11) is 6.03. The lowest BCUT2D eigenvalue weighted by atomic mass is 9.98. The summed E-state index contributed by atoms with van der Waals surface area (Å²) in [6.45, 7) is 5.80. The van der Waals surface area contributed by atoms with Crippen LogP contribution >= 0.6 is 0 Å². The Balaban J connectivity index is 2.23. The molecule has 0 radical (unpaired) electrons. The zero-order valence-corrected chi connectivity index (χ0v) is 33.4. The van der Waals surface area contributed by atoms with E-state index in [1.54, 1.807) is 0 Å². The van der Waals surface area contributed by atoms with Gasteiger partial charge in [-0.15, -0.1) is 0 Å². The number of ether oxygens (including phenoxy) is 3. The van der Waals surface area contributed by atoms with Crippen molar-refractivity contribution in [2.75, 3.05) is 40.9 Å². The first-order chi connectivity index (χ1) is 23.3. The van der Waals surface area contributed by atoms with Crippen LogP contribution in [0.1, 0.15) is 219 Å². The Labute approximate surface area is 301 Å². The summed E-state index contributed by atoms with van der Waals surface area (Å²) in [5, 5.41) is 0. The lowest BCUT2D eigenvalue weighted by molar-refractivity contribution is -0.862. The van der Waals surface area contributed by atoms with Crippen LogP contribution in [-0.4, -0.2) is 63.2 Å². The highest BCUT2D eigenvalue weighted by molar-refractivity contribution is 5.70. The molecule has 1 heterocycles. The van der Waals surface area contributed by atoms with Crippen LogP contribution in [-0.2, 0) is 19.0 Å². The molecule has 48 heavy (non-hydrogen) atoms. The number of nitrogens with zero attached hydrogens (tertiary/aromatic N) is 1. The number of rotatable bonds is 36. The Morgan fingerprint density at radius 3 is 1.17 bits per heavy atom. The Kier molecular flexibility index (Phi) is 29.4. The smallest absolute Gasteiger partial charge is 0.361 e. The van der Waals surface area contributed by atoms with E-state index in [1.807, 2.05) is 21.1 Å². The molecule has 5 nitrogen and oxygen atoms in total. The first kappa shape index (κ1) is 45.4. The summed E-state index contributed by atoms with van der Waals surface area (Å²) in [6, 6.07) is 0. The van der Waals surface area contributed by atoms with E-state index in [0.717, 1.165) is 25.7 Å². The van der Waals surface area contributed by atoms with Crippen LogP contribution in [0.4, 0.5) is 0 Å². The molecule has 0 amide bonds. The molecule has 0 aliphatic carbocycles. The Morgan fingerprint density at radius 1 is 0.542 bits per heavy atom. The topological polar surface area (TPSA) is 44.8 Å². The minimum absolute atomic E-state index is 0.144. The van der Waals surface area contributed by atoms with Crippen LogP contribution in [0.3, 0.4) is 0 Å². The van der Waals surface area contributed by atoms with Crippen LogP contribution in [0.5, 0.6) is 0 Å². The fourth-order valence-corrected chi connectivity index (χ4v) is 7.24. The van der Waals surface area contributed by atoms with Crippen LogP contribution in [0.15, 0.2) is 0 Å². The maximum absolute atomic E-state index is 12.3. The largest absolute Gasteiger partial charge is 0.459 e. The number of quaternary nitrogens is 1. The number of hydrogen-bond acceptors (Lipinski definition) is 4. The molecule has 1 fully saturated rings. The van der Waals surface area contributed by atoms with Crippen molar-refractivity contribution in [1.29, 1.82) is 0 Å². The van der Waals surface area contributed by atoms with Gasteiger partial charge in [-0.25, -0.2) is 4.79 Å². The second-order valence-electron chi connectivity index (χ2n) is 16.5. The van der Waals surface area contributed by atoms with Crippen LogP contribution in [0.2, 0.25) is 0 Å². The molecule has 1 saturated heterocycles. The molecule has 0 bridgehead atoms. The van der Waals surface area contributed by atoms with Gasteiger partial charge in [-0.2, -0.15) is 0 Å². The lowest BCUT2D eigenvalue weighted by Crippen LogP contribution is -2.41. The van der Waals surface area contributed by atoms with Crippen LogP contribution in [0.25, 0.3) is 0 Å². The zero-order chi connectivity index (χ0) is 35.0. The van der Waals surface area contributed by atoms with Crippen molar-refractivity contribution in [3.05, 3.63) is 0 Å². The number of likely N-dealkylation sites (N-methyl/N-ethyl adjacent to an activating group) is 1. The molecule has 0 aromatic heterocycles. The van der Waals surface area contributed by atoms with E-state index < -0.39 is 5.79 Å². The number of carbonyl (C=O) groups is 1. The van der Waals surface area contributed by atoms with Gasteiger partial charge >= 0.3 is 5.97 Å². The van der Waals surface area contributed by atoms with Gasteiger partial charge < -0.3 is 18.7 Å². The normalized spacial score (nSPS) is 16.1. The number of esters is 1. The van der Waals surface area contributed by atoms with Gasteiger partial charge in [0.05, 0.1) is 27.7 Å². The monoisotopic (exact) mass is 681 g/mol. The minimum atomic E-state index is -0.482. The van der Waals surface area contributed by atoms with Gasteiger partial charge in [0.2, 0.25) is 0 Å². The summed E-state index contributed by atoms with van der Waals surface area (Å²) < 4.78 is 19.1. The van der Waals surface area contributed by atoms with E-state index in [4.69, 9.17) is 14.2 Å². The Bertz CT molecular complexity index is 671. The highest BCUT2D eigenvalue weighted by Gasteiger charge is 2.41. The predicted molar refractivity (Wildman–Crippen MR) is 207 cm³/mol. The number of unbranched alkanes of at least 4 members (excludes halogenated alkanes) is 28. The molecule has 286 valence electrons. The summed E-state index contributed by atoms with van der Waals surface area (Å²) in [5.41, 5.74) is 0. The van der Waals surface area contributed by atoms with Gasteiger partial charge in [-0.05, 0) is 12.8 Å². The van der Waals surface area contributed by atoms with E-state index in [0.29, 0.717) is 24.2 Å². The average molecular weight is 681 g/mol. The highest BCUT2D eigenvalue weighted by atomic mass is 16.8. The quantitative estimate of drug-likeness (QED) is 0.0375. The number of hydrogen-bond donors (Lipinski definition) is 0. The molecule has 1 rings (SSSR count). The predicted octanol–water partition coefficient (Wildman–Crippen LogP) is 12.9. The summed E-state index contributed by atoms with van der Waals surface area (Å²) in [6.07, 6.45) is 43.1. The average Bonchev–Trinajstić information content (AvgIpc) is 3.46. The van der Waals surface area contributed by atoms with Gasteiger partial charge in [0.15, 0.2) is 12.3 Å². The van der Waals surface area contributed by atoms with Gasteiger partial charge in [0.1, 0.15) is 12.7 Å². The number of carbonyl (C=O) groups excluding carboxylic acids is 1. The third-order valence-electron chi connectivity index (χ3n) is 10.3. The molecular formula is C43H86NO4+. The van der Waals surface area contributed by atoms with Crippen LogP contribution in [0, 0.1) is 0 Å². The van der Waals surface area contributed by atoms with Crippen molar-refractivity contribution >= 4 is 5.97 Å². The van der Waals surface area contributed by atoms with Gasteiger partial charge in [0.25, 0.3) is 0 Å². The molecular weight excluding hydrogens is 594 g/mol. The molecule has 0 spiro atoms. The van der Waals surface area contributed by atoms with E-state index in [2.05, 4.69) is 13.8 Å². The minimum Gasteiger partial charge on any atom is -0.459 e. The zero-order valence-electron chi connectivity index (χ0n) is 33.4. The van der Waals surface area contributed by atoms with Crippen molar-refractivity contribution in [2.45, 2.75) is 231 Å². The maximum atomic E-state index is 12.3. The van der Waals surface area contributed by atoms with Gasteiger partial charge in [-0.1, -0.05) is 194 Å². The van der Waals surface area contributed by atoms with Gasteiger partial charge in [0, 0.05) is 12.8 Å². The molecule has 0 N–H and O–H groups in total. The van der Waals surface area contributed by atoms with Crippen LogP contribution < -0.4 is 0 Å². The molecule has 0 aromatic rings. The fourth-order valence-electron chi connectivity index (χ4n) is 7.24. The highest BCUT2D eigenvalue weighted by Crippen LogP contribution is 2.35. The van der Waals surface area contributed by atoms with Crippen molar-refractivity contribution < 1.29 is 23.5 Å². The molecule has 1 atom stereocenters. The molecule has 0 saturated carbocycles. The first-order valence-corrected chi connectivity index (χ1v) is 21.6. The third kappa shape index (κ3) is 28.1. The van der Waals surface area contributed by atoms with Crippen molar-refractivity contribution in [2.24, 2.45) is 0 Å². The van der Waals surface area contributed by atoms with Crippen molar-refractivity contribution in [3.63, 3.8) is 0 Å². The standard InChI is InChI=1S/C43H86NO4/c1-6-8-10-12-14-16-18-20-22-24-26-28-30-32-34-36-43(47-40-41(48-43)39-46-42(45)38-44(3,4)5)37-35-33-31-29-27-25-23-21-19-17-15-13-11-9-7-2/h41H,6-40H2,1-5H3/q+1. The molecule has 1 aliphatic rings. The van der Waals surface area contributed by atoms with E-state index in [1.165, 1.54) is 180 Å². The summed E-state index contributed by atoms with van der Waals surface area (Å²) in [4.78, 5) is 12.3. The van der Waals surface area contributed by atoms with Gasteiger partial charge in [-0.3, -0.25) is 0 Å². The SMILES string of the molecule is CCCCCCCCCCCCCCCCCC1(CCCCCCCCCCCCCCCCC)OCC(COC(=O)C[N+](C)(C)C)O1. The summed E-state index contributed by atoms with van der Waals surface area (Å²) >= 11 is 0. The maximum Gasteiger partial charge on any atom is 0.361 e. The summed E-state index contributed by atoms with van der Waals surface area (Å²) in [5.74, 6) is -0.641. The van der Waals surface area contributed by atoms with E-state index >= 15 is 0 Å². The molecule has 1 unspecified atom stereocenters. The van der Waals surface area contributed by atoms with E-state index in [9.17, 15) is 4.79 Å². The molecule has 0 aromatic carbocycles. The molecule has 1 aliphatic heterocycles. The van der Waals surface area contributed by atoms with Crippen molar-refractivity contribution in [1.82, 2.24) is 0 Å².